The van der Waals surface area contributed by atoms with Crippen molar-refractivity contribution < 1.29 is 27.8 Å². The molecule has 0 bridgehead atoms. The lowest BCUT2D eigenvalue weighted by atomic mass is 9.80. The van der Waals surface area contributed by atoms with Crippen LogP contribution in [0.15, 0.2) is 64.4 Å². The smallest absolute Gasteiger partial charge is 0.235 e. The Labute approximate surface area is 225 Å². The third-order valence-corrected chi connectivity index (χ3v) is 7.51. The minimum Gasteiger partial charge on any atom is -0.497 e. The van der Waals surface area contributed by atoms with Crippen LogP contribution >= 0.6 is 0 Å². The van der Waals surface area contributed by atoms with Gasteiger partial charge in [0.15, 0.2) is 22.9 Å². The second-order valence-electron chi connectivity index (χ2n) is 9.61. The summed E-state index contributed by atoms with van der Waals surface area (Å²) < 4.78 is 47.5. The molecule has 39 heavy (non-hydrogen) atoms. The van der Waals surface area contributed by atoms with Gasteiger partial charge in [-0.05, 0) is 36.9 Å². The monoisotopic (exact) mass is 541 g/mol. The topological polar surface area (TPSA) is 109 Å². The molecule has 3 aromatic rings. The molecule has 1 fully saturated rings. The molecule has 0 spiro atoms. The van der Waals surface area contributed by atoms with Crippen LogP contribution in [0, 0.1) is 5.92 Å². The number of nitrogens with one attached hydrogen (secondary N) is 1. The SMILES string of the molecule is CCN1CCN(c2ccc(Nc3cc4cc(C5(F)C(OC)=CC(OC)=C(F)C5CO)oc4cn3)c(N)c2)CC1. The lowest BCUT2D eigenvalue weighted by molar-refractivity contribution is 0.00414. The zero-order chi connectivity index (χ0) is 27.7. The molecule has 2 unspecified atom stereocenters. The third kappa shape index (κ3) is 4.76. The Balaban J connectivity index is 1.39. The molecule has 1 aromatic carbocycles. The van der Waals surface area contributed by atoms with Crippen molar-refractivity contribution in [3.8, 4) is 0 Å². The number of pyridine rings is 1. The van der Waals surface area contributed by atoms with E-state index in [4.69, 9.17) is 19.6 Å². The largest absolute Gasteiger partial charge is 0.497 e. The minimum atomic E-state index is -2.59. The zero-order valence-electron chi connectivity index (χ0n) is 22.2. The maximum atomic E-state index is 16.5. The van der Waals surface area contributed by atoms with E-state index in [1.165, 1.54) is 26.5 Å². The molecule has 1 aliphatic heterocycles. The summed E-state index contributed by atoms with van der Waals surface area (Å²) >= 11 is 0. The number of halogens is 2. The second-order valence-corrected chi connectivity index (χ2v) is 9.61. The third-order valence-electron chi connectivity index (χ3n) is 7.51. The van der Waals surface area contributed by atoms with Crippen LogP contribution in [0.25, 0.3) is 11.0 Å². The van der Waals surface area contributed by atoms with Gasteiger partial charge in [-0.15, -0.1) is 0 Å². The zero-order valence-corrected chi connectivity index (χ0v) is 22.2. The van der Waals surface area contributed by atoms with Crippen molar-refractivity contribution >= 4 is 33.8 Å². The van der Waals surface area contributed by atoms with E-state index in [1.807, 2.05) is 18.2 Å². The summed E-state index contributed by atoms with van der Waals surface area (Å²) in [5.74, 6) is -2.75. The van der Waals surface area contributed by atoms with Crippen LogP contribution in [0.3, 0.4) is 0 Å². The summed E-state index contributed by atoms with van der Waals surface area (Å²) in [7, 11) is 2.52. The number of aromatic nitrogens is 1. The van der Waals surface area contributed by atoms with Crippen LogP contribution in [-0.2, 0) is 15.1 Å². The Morgan fingerprint density at radius 2 is 1.95 bits per heavy atom. The fourth-order valence-corrected chi connectivity index (χ4v) is 5.19. The number of anilines is 4. The molecule has 11 heteroatoms. The summed E-state index contributed by atoms with van der Waals surface area (Å²) in [6.45, 7) is 6.32. The highest BCUT2D eigenvalue weighted by molar-refractivity contribution is 5.83. The molecule has 9 nitrogen and oxygen atoms in total. The van der Waals surface area contributed by atoms with Gasteiger partial charge in [0.25, 0.3) is 0 Å². The molecule has 1 saturated heterocycles. The summed E-state index contributed by atoms with van der Waals surface area (Å²) in [6.07, 6.45) is 2.57. The standard InChI is InChI=1S/C28H33F2N5O4/c1-4-34-7-9-35(10-8-34)18-5-6-21(20(31)13-18)33-26-12-17-11-25(39-23(17)15-32-26)28(30)19(16-36)27(29)22(37-2)14-24(28)38-3/h5-6,11-15,19,36H,4,7-10,16,31H2,1-3H3,(H,32,33). The van der Waals surface area contributed by atoms with E-state index >= 15 is 4.39 Å². The van der Waals surface area contributed by atoms with E-state index in [0.717, 1.165) is 44.5 Å². The molecule has 4 N–H and O–H groups in total. The fourth-order valence-electron chi connectivity index (χ4n) is 5.19. The first-order chi connectivity index (χ1) is 18.8. The van der Waals surface area contributed by atoms with Crippen LogP contribution in [0.5, 0.6) is 0 Å². The Bertz CT molecular complexity index is 1420. The fraction of sp³-hybridized carbons (Fsp3) is 0.393. The van der Waals surface area contributed by atoms with Gasteiger partial charge in [-0.3, -0.25) is 0 Å². The van der Waals surface area contributed by atoms with Gasteiger partial charge in [-0.2, -0.15) is 0 Å². The summed E-state index contributed by atoms with van der Waals surface area (Å²) in [5.41, 5.74) is 6.38. The second kappa shape index (κ2) is 10.7. The highest BCUT2D eigenvalue weighted by atomic mass is 19.2. The van der Waals surface area contributed by atoms with Crippen molar-refractivity contribution in [3.05, 3.63) is 65.7 Å². The Hall–Kier alpha value is -3.83. The molecule has 5 rings (SSSR count). The first-order valence-corrected chi connectivity index (χ1v) is 12.9. The predicted octanol–water partition coefficient (Wildman–Crippen LogP) is 4.44. The number of nitrogens with zero attached hydrogens (tertiary/aromatic N) is 3. The summed E-state index contributed by atoms with van der Waals surface area (Å²) in [4.78, 5) is 9.11. The number of hydrogen-bond donors (Lipinski definition) is 3. The quantitative estimate of drug-likeness (QED) is 0.357. The highest BCUT2D eigenvalue weighted by Gasteiger charge is 2.54. The van der Waals surface area contributed by atoms with Gasteiger partial charge >= 0.3 is 0 Å². The van der Waals surface area contributed by atoms with Gasteiger partial charge < -0.3 is 39.8 Å². The Morgan fingerprint density at radius 3 is 2.59 bits per heavy atom. The average molecular weight is 542 g/mol. The van der Waals surface area contributed by atoms with Crippen LogP contribution in [-0.4, -0.2) is 68.5 Å². The van der Waals surface area contributed by atoms with Gasteiger partial charge in [0.05, 0.1) is 44.3 Å². The molecule has 3 heterocycles. The maximum absolute atomic E-state index is 16.5. The minimum absolute atomic E-state index is 0.213. The number of aliphatic hydroxyl groups excluding tert-OH is 1. The van der Waals surface area contributed by atoms with Crippen molar-refractivity contribution in [2.75, 3.05) is 69.5 Å². The lowest BCUT2D eigenvalue weighted by Gasteiger charge is -2.35. The van der Waals surface area contributed by atoms with Gasteiger partial charge in [-0.1, -0.05) is 6.92 Å². The number of hydrogen-bond acceptors (Lipinski definition) is 9. The number of allylic oxidation sites excluding steroid dienone is 2. The van der Waals surface area contributed by atoms with Crippen molar-refractivity contribution in [1.29, 1.82) is 0 Å². The van der Waals surface area contributed by atoms with Crippen LogP contribution in [0.1, 0.15) is 12.7 Å². The number of nitrogens with two attached hydrogens (primary N) is 1. The van der Waals surface area contributed by atoms with E-state index in [0.29, 0.717) is 22.6 Å². The van der Waals surface area contributed by atoms with Crippen molar-refractivity contribution in [2.45, 2.75) is 12.6 Å². The van der Waals surface area contributed by atoms with Gasteiger partial charge in [0, 0.05) is 43.3 Å². The van der Waals surface area contributed by atoms with Crippen LogP contribution < -0.4 is 16.0 Å². The first kappa shape index (κ1) is 26.8. The number of ether oxygens (including phenoxy) is 2. The van der Waals surface area contributed by atoms with Gasteiger partial charge in [0.1, 0.15) is 11.6 Å². The lowest BCUT2D eigenvalue weighted by Crippen LogP contribution is -2.46. The van der Waals surface area contributed by atoms with Gasteiger partial charge in [-0.25, -0.2) is 13.8 Å². The summed E-state index contributed by atoms with van der Waals surface area (Å²) in [5, 5.41) is 13.6. The predicted molar refractivity (Wildman–Crippen MR) is 146 cm³/mol. The average Bonchev–Trinajstić information content (AvgIpc) is 3.39. The number of benzene rings is 1. The number of alkyl halides is 1. The molecule has 0 saturated carbocycles. The molecule has 208 valence electrons. The summed E-state index contributed by atoms with van der Waals surface area (Å²) in [6, 6.07) is 9.01. The molecule has 2 aliphatic rings. The number of fused-ring (bicyclic) bond motifs is 1. The Kier molecular flexibility index (Phi) is 7.37. The number of nitrogen functional groups attached to an aromatic ring is 1. The van der Waals surface area contributed by atoms with Crippen molar-refractivity contribution in [3.63, 3.8) is 0 Å². The van der Waals surface area contributed by atoms with E-state index in [1.54, 1.807) is 6.07 Å². The molecule has 0 radical (unpaired) electrons. The number of piperazine rings is 1. The molecule has 1 aliphatic carbocycles. The van der Waals surface area contributed by atoms with Crippen molar-refractivity contribution in [1.82, 2.24) is 9.88 Å². The van der Waals surface area contributed by atoms with Crippen LogP contribution in [0.2, 0.25) is 0 Å². The molecule has 2 atom stereocenters. The number of aliphatic hydroxyl groups is 1. The number of methoxy groups -OCH3 is 2. The van der Waals surface area contributed by atoms with E-state index in [-0.39, 0.29) is 22.9 Å². The molecular weight excluding hydrogens is 508 g/mol. The van der Waals surface area contributed by atoms with E-state index < -0.39 is 24.0 Å². The first-order valence-electron chi connectivity index (χ1n) is 12.9. The van der Waals surface area contributed by atoms with Gasteiger partial charge in [0.2, 0.25) is 5.67 Å². The normalized spacial score (nSPS) is 22.3. The van der Waals surface area contributed by atoms with Crippen molar-refractivity contribution in [2.24, 2.45) is 5.92 Å². The number of rotatable bonds is 8. The van der Waals surface area contributed by atoms with E-state index in [2.05, 4.69) is 27.0 Å². The van der Waals surface area contributed by atoms with E-state index in [9.17, 15) is 9.50 Å². The van der Waals surface area contributed by atoms with Crippen LogP contribution in [0.4, 0.5) is 31.7 Å². The molecule has 0 amide bonds. The number of likely N-dealkylation sites (N-methyl/N-ethyl adjacent to an activating group) is 1. The number of furan rings is 1. The highest BCUT2D eigenvalue weighted by Crippen LogP contribution is 2.50. The molecular formula is C28H33F2N5O4. The maximum Gasteiger partial charge on any atom is 0.235 e. The Morgan fingerprint density at radius 1 is 1.18 bits per heavy atom. The molecule has 2 aromatic heterocycles.